The third-order valence-electron chi connectivity index (χ3n) is 9.84. The van der Waals surface area contributed by atoms with Gasteiger partial charge in [-0.05, 0) is 70.8 Å². The number of likely N-dealkylation sites (tertiary alicyclic amines) is 1. The SMILES string of the molecule is CC(C)c1ccc(Cl)c(-c2ccc3c(c2)c(NC(=O)[C@@H]2CCCN(C(=O)O)C2)nn3C(c2ccccc2)(c2ccccc2)c2ccccc2)c1. The molecule has 7 rings (SSSR count). The number of nitrogens with zero attached hydrogens (tertiary/aromatic N) is 3. The molecule has 8 heteroatoms. The van der Waals surface area contributed by atoms with Gasteiger partial charge in [0.2, 0.25) is 5.91 Å². The van der Waals surface area contributed by atoms with Crippen LogP contribution < -0.4 is 5.32 Å². The van der Waals surface area contributed by atoms with Crippen molar-refractivity contribution in [3.8, 4) is 11.1 Å². The lowest BCUT2D eigenvalue weighted by molar-refractivity contribution is -0.121. The largest absolute Gasteiger partial charge is 0.465 e. The average Bonchev–Trinajstić information content (AvgIpc) is 3.50. The van der Waals surface area contributed by atoms with Gasteiger partial charge in [0.25, 0.3) is 0 Å². The van der Waals surface area contributed by atoms with Crippen molar-refractivity contribution in [2.24, 2.45) is 5.92 Å². The van der Waals surface area contributed by atoms with Crippen LogP contribution in [0.5, 0.6) is 0 Å². The van der Waals surface area contributed by atoms with Crippen LogP contribution in [-0.4, -0.2) is 44.9 Å². The second-order valence-corrected chi connectivity index (χ2v) is 13.7. The molecule has 1 aromatic heterocycles. The summed E-state index contributed by atoms with van der Waals surface area (Å²) in [5.41, 5.74) is 5.86. The van der Waals surface area contributed by atoms with Crippen molar-refractivity contribution in [1.82, 2.24) is 14.7 Å². The van der Waals surface area contributed by atoms with E-state index in [-0.39, 0.29) is 12.5 Å². The van der Waals surface area contributed by atoms with Crippen molar-refractivity contribution >= 4 is 40.3 Å². The molecule has 6 aromatic rings. The van der Waals surface area contributed by atoms with Crippen LogP contribution in [0.25, 0.3) is 22.0 Å². The summed E-state index contributed by atoms with van der Waals surface area (Å²) in [4.78, 5) is 27.1. The van der Waals surface area contributed by atoms with Gasteiger partial charge in [0.15, 0.2) is 5.82 Å². The maximum atomic E-state index is 14.0. The summed E-state index contributed by atoms with van der Waals surface area (Å²) in [7, 11) is 0. The van der Waals surface area contributed by atoms with E-state index in [2.05, 4.69) is 85.9 Å². The Kier molecular flexibility index (Phi) is 9.17. The van der Waals surface area contributed by atoms with E-state index < -0.39 is 17.6 Å². The molecule has 252 valence electrons. The van der Waals surface area contributed by atoms with Gasteiger partial charge >= 0.3 is 6.09 Å². The maximum Gasteiger partial charge on any atom is 0.407 e. The Labute approximate surface area is 297 Å². The van der Waals surface area contributed by atoms with Gasteiger partial charge in [-0.1, -0.05) is 129 Å². The van der Waals surface area contributed by atoms with Crippen molar-refractivity contribution in [2.75, 3.05) is 18.4 Å². The van der Waals surface area contributed by atoms with E-state index in [0.29, 0.717) is 36.1 Å². The number of piperidine rings is 1. The van der Waals surface area contributed by atoms with Crippen LogP contribution in [0.15, 0.2) is 127 Å². The van der Waals surface area contributed by atoms with Crippen molar-refractivity contribution < 1.29 is 14.7 Å². The van der Waals surface area contributed by atoms with Gasteiger partial charge in [0.05, 0.1) is 11.4 Å². The first-order chi connectivity index (χ1) is 24.3. The lowest BCUT2D eigenvalue weighted by atomic mass is 9.77. The van der Waals surface area contributed by atoms with Gasteiger partial charge in [-0.25, -0.2) is 9.48 Å². The lowest BCUT2D eigenvalue weighted by Gasteiger charge is -2.37. The third-order valence-corrected chi connectivity index (χ3v) is 10.2. The Morgan fingerprint density at radius 1 is 0.840 bits per heavy atom. The molecule has 2 amide bonds. The summed E-state index contributed by atoms with van der Waals surface area (Å²) in [5, 5.41) is 19.5. The number of benzene rings is 5. The average molecular weight is 683 g/mol. The van der Waals surface area contributed by atoms with Gasteiger partial charge in [-0.3, -0.25) is 4.79 Å². The normalized spacial score (nSPS) is 15.0. The standard InChI is InChI=1S/C42H39ClN4O3/c1-28(2)29-20-22-37(43)35(25-29)30-21-23-38-36(26-30)39(44-40(48)31-13-12-24-46(27-31)41(49)50)45-47(38)42(32-14-6-3-7-15-32,33-16-8-4-9-17-33)34-18-10-5-11-19-34/h3-11,14-23,25-26,28,31H,12-13,24,27H2,1-2H3,(H,49,50)(H,44,45,48)/t31-/m1/s1. The number of carboxylic acid groups (broad SMARTS) is 1. The molecule has 0 unspecified atom stereocenters. The van der Waals surface area contributed by atoms with Crippen molar-refractivity contribution in [3.05, 3.63) is 155 Å². The zero-order valence-electron chi connectivity index (χ0n) is 28.1. The van der Waals surface area contributed by atoms with Crippen LogP contribution in [-0.2, 0) is 10.3 Å². The molecule has 5 aromatic carbocycles. The predicted molar refractivity (Wildman–Crippen MR) is 200 cm³/mol. The number of rotatable bonds is 8. The zero-order valence-corrected chi connectivity index (χ0v) is 28.8. The number of hydrogen-bond acceptors (Lipinski definition) is 3. The molecule has 0 spiro atoms. The zero-order chi connectivity index (χ0) is 34.8. The van der Waals surface area contributed by atoms with Gasteiger partial charge in [-0.15, -0.1) is 0 Å². The van der Waals surface area contributed by atoms with E-state index >= 15 is 0 Å². The number of carbonyl (C=O) groups is 2. The van der Waals surface area contributed by atoms with E-state index in [4.69, 9.17) is 16.7 Å². The highest BCUT2D eigenvalue weighted by molar-refractivity contribution is 6.33. The predicted octanol–water partition coefficient (Wildman–Crippen LogP) is 9.65. The second-order valence-electron chi connectivity index (χ2n) is 13.3. The van der Waals surface area contributed by atoms with Crippen LogP contribution in [0.4, 0.5) is 10.6 Å². The molecule has 1 fully saturated rings. The summed E-state index contributed by atoms with van der Waals surface area (Å²) in [5.74, 6) is -0.0287. The third kappa shape index (κ3) is 6.03. The van der Waals surface area contributed by atoms with Crippen molar-refractivity contribution in [3.63, 3.8) is 0 Å². The molecule has 7 nitrogen and oxygen atoms in total. The lowest BCUT2D eigenvalue weighted by Crippen LogP contribution is -2.43. The second kappa shape index (κ2) is 13.8. The van der Waals surface area contributed by atoms with Gasteiger partial charge in [0.1, 0.15) is 5.54 Å². The number of hydrogen-bond donors (Lipinski definition) is 2. The fraction of sp³-hybridized carbons (Fsp3) is 0.214. The molecule has 1 aliphatic rings. The topological polar surface area (TPSA) is 87.5 Å². The van der Waals surface area contributed by atoms with Gasteiger partial charge < -0.3 is 15.3 Å². The Morgan fingerprint density at radius 2 is 1.44 bits per heavy atom. The van der Waals surface area contributed by atoms with Crippen molar-refractivity contribution in [1.29, 1.82) is 0 Å². The molecule has 0 saturated carbocycles. The number of carbonyl (C=O) groups excluding carboxylic acids is 1. The minimum Gasteiger partial charge on any atom is -0.465 e. The number of nitrogens with one attached hydrogen (secondary N) is 1. The minimum absolute atomic E-state index is 0.143. The first-order valence-corrected chi connectivity index (χ1v) is 17.4. The molecule has 1 atom stereocenters. The summed E-state index contributed by atoms with van der Waals surface area (Å²) >= 11 is 6.83. The Balaban J connectivity index is 1.49. The van der Waals surface area contributed by atoms with E-state index in [1.807, 2.05) is 65.3 Å². The number of fused-ring (bicyclic) bond motifs is 1. The molecule has 2 heterocycles. The summed E-state index contributed by atoms with van der Waals surface area (Å²) in [6.07, 6.45) is 0.202. The summed E-state index contributed by atoms with van der Waals surface area (Å²) < 4.78 is 2.03. The highest BCUT2D eigenvalue weighted by Gasteiger charge is 2.41. The minimum atomic E-state index is -1.01. The molecule has 0 bridgehead atoms. The number of anilines is 1. The van der Waals surface area contributed by atoms with E-state index in [0.717, 1.165) is 38.7 Å². The molecule has 0 aliphatic carbocycles. The molecular weight excluding hydrogens is 644 g/mol. The van der Waals surface area contributed by atoms with Gasteiger partial charge in [-0.2, -0.15) is 5.10 Å². The van der Waals surface area contributed by atoms with Crippen LogP contribution in [0.1, 0.15) is 54.9 Å². The first kappa shape index (κ1) is 33.1. The summed E-state index contributed by atoms with van der Waals surface area (Å²) in [6, 6.07) is 43.2. The van der Waals surface area contributed by atoms with E-state index in [1.165, 1.54) is 10.5 Å². The molecule has 50 heavy (non-hydrogen) atoms. The fourth-order valence-corrected chi connectivity index (χ4v) is 7.47. The number of amides is 2. The Morgan fingerprint density at radius 3 is 2.00 bits per heavy atom. The highest BCUT2D eigenvalue weighted by atomic mass is 35.5. The van der Waals surface area contributed by atoms with Crippen LogP contribution in [0.3, 0.4) is 0 Å². The Hall–Kier alpha value is -5.40. The quantitative estimate of drug-likeness (QED) is 0.157. The van der Waals surface area contributed by atoms with E-state index in [9.17, 15) is 14.7 Å². The molecule has 1 aliphatic heterocycles. The van der Waals surface area contributed by atoms with Crippen LogP contribution in [0.2, 0.25) is 5.02 Å². The smallest absolute Gasteiger partial charge is 0.407 e. The first-order valence-electron chi connectivity index (χ1n) is 17.1. The molecule has 2 N–H and O–H groups in total. The Bertz CT molecular complexity index is 2050. The van der Waals surface area contributed by atoms with Crippen LogP contribution >= 0.6 is 11.6 Å². The van der Waals surface area contributed by atoms with Crippen molar-refractivity contribution in [2.45, 2.75) is 38.1 Å². The molecule has 1 saturated heterocycles. The fourth-order valence-electron chi connectivity index (χ4n) is 7.25. The highest BCUT2D eigenvalue weighted by Crippen LogP contribution is 2.44. The molecular formula is C42H39ClN4O3. The van der Waals surface area contributed by atoms with Crippen LogP contribution in [0, 0.1) is 5.92 Å². The monoisotopic (exact) mass is 682 g/mol. The molecule has 0 radical (unpaired) electrons. The maximum absolute atomic E-state index is 14.0. The number of halogens is 1. The number of aromatic nitrogens is 2. The van der Waals surface area contributed by atoms with Gasteiger partial charge in [0, 0.05) is 29.1 Å². The van der Waals surface area contributed by atoms with E-state index in [1.54, 1.807) is 0 Å². The summed E-state index contributed by atoms with van der Waals surface area (Å²) in [6.45, 7) is 4.87.